The first kappa shape index (κ1) is 15.5. The molecule has 0 saturated heterocycles. The molecule has 0 amide bonds. The molecule has 7 heteroatoms. The van der Waals surface area contributed by atoms with Crippen molar-refractivity contribution in [2.75, 3.05) is 6.54 Å². The first-order valence-corrected chi connectivity index (χ1v) is 7.62. The van der Waals surface area contributed by atoms with Crippen LogP contribution in [-0.2, 0) is 18.3 Å². The van der Waals surface area contributed by atoms with Crippen molar-refractivity contribution >= 4 is 22.6 Å². The van der Waals surface area contributed by atoms with Gasteiger partial charge >= 0.3 is 5.97 Å². The predicted molar refractivity (Wildman–Crippen MR) is 85.4 cm³/mol. The Balaban J connectivity index is 2.20. The Morgan fingerprint density at radius 1 is 1.52 bits per heavy atom. The van der Waals surface area contributed by atoms with Gasteiger partial charge in [0.25, 0.3) is 5.69 Å². The van der Waals surface area contributed by atoms with Crippen LogP contribution >= 0.6 is 0 Å². The fraction of sp³-hybridized carbons (Fsp3) is 0.438. The van der Waals surface area contributed by atoms with Crippen LogP contribution in [0.2, 0.25) is 0 Å². The molecule has 23 heavy (non-hydrogen) atoms. The Morgan fingerprint density at radius 2 is 2.22 bits per heavy atom. The molecule has 0 spiro atoms. The third-order valence-electron chi connectivity index (χ3n) is 4.53. The standard InChI is InChI=1S/C16H19N3O4/c1-18-8-11(6-10(7-17)16(20)21)14-12(9-2-3-9)4-5-13(15(14)18)19(22)23/h4-5,8-10H,2-3,6-7,17H2,1H3,(H,20,21). The summed E-state index contributed by atoms with van der Waals surface area (Å²) < 4.78 is 1.73. The second-order valence-corrected chi connectivity index (χ2v) is 6.17. The average Bonchev–Trinajstić information content (AvgIpc) is 3.29. The SMILES string of the molecule is Cn1cc(CC(CN)C(=O)O)c2c(C3CC3)ccc([N+](=O)[O-])c21. The van der Waals surface area contributed by atoms with E-state index < -0.39 is 11.9 Å². The van der Waals surface area contributed by atoms with Crippen molar-refractivity contribution < 1.29 is 14.8 Å². The molecule has 7 nitrogen and oxygen atoms in total. The number of fused-ring (bicyclic) bond motifs is 1. The highest BCUT2D eigenvalue weighted by atomic mass is 16.6. The van der Waals surface area contributed by atoms with Crippen molar-refractivity contribution in [1.29, 1.82) is 0 Å². The van der Waals surface area contributed by atoms with Gasteiger partial charge in [0.05, 0.1) is 10.8 Å². The number of aryl methyl sites for hydroxylation is 1. The lowest BCUT2D eigenvalue weighted by Crippen LogP contribution is -2.25. The molecule has 1 saturated carbocycles. The van der Waals surface area contributed by atoms with Gasteiger partial charge in [0, 0.05) is 31.2 Å². The van der Waals surface area contributed by atoms with Crippen LogP contribution in [0.3, 0.4) is 0 Å². The molecule has 1 fully saturated rings. The van der Waals surface area contributed by atoms with Gasteiger partial charge in [0.2, 0.25) is 0 Å². The van der Waals surface area contributed by atoms with Crippen LogP contribution in [0.1, 0.15) is 29.9 Å². The molecule has 1 aliphatic carbocycles. The highest BCUT2D eigenvalue weighted by molar-refractivity contribution is 5.95. The first-order valence-electron chi connectivity index (χ1n) is 7.62. The lowest BCUT2D eigenvalue weighted by Gasteiger charge is -2.10. The summed E-state index contributed by atoms with van der Waals surface area (Å²) in [6.45, 7) is 0.0411. The Labute approximate surface area is 132 Å². The number of nitro benzene ring substituents is 1. The Bertz CT molecular complexity index is 792. The molecule has 2 aromatic rings. The number of carbonyl (C=O) groups is 1. The molecule has 1 atom stereocenters. The Hall–Kier alpha value is -2.41. The van der Waals surface area contributed by atoms with Crippen LogP contribution in [0.25, 0.3) is 10.9 Å². The number of carboxylic acid groups (broad SMARTS) is 1. The van der Waals surface area contributed by atoms with Crippen LogP contribution in [-0.4, -0.2) is 27.1 Å². The van der Waals surface area contributed by atoms with Crippen LogP contribution in [0.15, 0.2) is 18.3 Å². The normalized spacial score (nSPS) is 15.7. The summed E-state index contributed by atoms with van der Waals surface area (Å²) in [7, 11) is 1.76. The van der Waals surface area contributed by atoms with Crippen molar-refractivity contribution in [3.8, 4) is 0 Å². The highest BCUT2D eigenvalue weighted by Crippen LogP contribution is 2.46. The van der Waals surface area contributed by atoms with E-state index in [-0.39, 0.29) is 23.6 Å². The van der Waals surface area contributed by atoms with Gasteiger partial charge in [0.15, 0.2) is 0 Å². The summed E-state index contributed by atoms with van der Waals surface area (Å²) in [5.74, 6) is -1.21. The van der Waals surface area contributed by atoms with E-state index in [0.717, 1.165) is 29.4 Å². The lowest BCUT2D eigenvalue weighted by molar-refractivity contribution is -0.383. The van der Waals surface area contributed by atoms with Crippen LogP contribution in [0.5, 0.6) is 0 Å². The van der Waals surface area contributed by atoms with Gasteiger partial charge in [-0.15, -0.1) is 0 Å². The quantitative estimate of drug-likeness (QED) is 0.626. The molecular weight excluding hydrogens is 298 g/mol. The third kappa shape index (κ3) is 2.68. The van der Waals surface area contributed by atoms with Crippen molar-refractivity contribution in [3.63, 3.8) is 0 Å². The van der Waals surface area contributed by atoms with E-state index in [1.807, 2.05) is 6.07 Å². The molecule has 122 valence electrons. The fourth-order valence-electron chi connectivity index (χ4n) is 3.23. The first-order chi connectivity index (χ1) is 10.9. The van der Waals surface area contributed by atoms with Crippen LogP contribution in [0.4, 0.5) is 5.69 Å². The molecule has 1 aliphatic rings. The second-order valence-electron chi connectivity index (χ2n) is 6.17. The molecule has 3 N–H and O–H groups in total. The number of non-ortho nitro benzene ring substituents is 1. The molecular formula is C16H19N3O4. The van der Waals surface area contributed by atoms with Gasteiger partial charge in [0.1, 0.15) is 5.52 Å². The van der Waals surface area contributed by atoms with Gasteiger partial charge in [-0.3, -0.25) is 14.9 Å². The number of hydrogen-bond acceptors (Lipinski definition) is 4. The van der Waals surface area contributed by atoms with Crippen molar-refractivity contribution in [2.45, 2.75) is 25.2 Å². The summed E-state index contributed by atoms with van der Waals surface area (Å²) in [4.78, 5) is 22.2. The van der Waals surface area contributed by atoms with Crippen molar-refractivity contribution in [2.24, 2.45) is 18.7 Å². The van der Waals surface area contributed by atoms with E-state index in [2.05, 4.69) is 0 Å². The molecule has 0 aliphatic heterocycles. The average molecular weight is 317 g/mol. The highest BCUT2D eigenvalue weighted by Gasteiger charge is 2.31. The minimum atomic E-state index is -0.942. The van der Waals surface area contributed by atoms with E-state index >= 15 is 0 Å². The summed E-state index contributed by atoms with van der Waals surface area (Å²) in [6, 6.07) is 3.37. The third-order valence-corrected chi connectivity index (χ3v) is 4.53. The van der Waals surface area contributed by atoms with Gasteiger partial charge in [-0.1, -0.05) is 6.07 Å². The number of aliphatic carboxylic acids is 1. The van der Waals surface area contributed by atoms with Crippen molar-refractivity contribution in [1.82, 2.24) is 4.57 Å². The van der Waals surface area contributed by atoms with Gasteiger partial charge in [-0.2, -0.15) is 0 Å². The minimum Gasteiger partial charge on any atom is -0.481 e. The smallest absolute Gasteiger partial charge is 0.308 e. The van der Waals surface area contributed by atoms with E-state index in [1.165, 1.54) is 0 Å². The van der Waals surface area contributed by atoms with Crippen LogP contribution in [0, 0.1) is 16.0 Å². The van der Waals surface area contributed by atoms with E-state index in [9.17, 15) is 20.0 Å². The van der Waals surface area contributed by atoms with E-state index in [4.69, 9.17) is 5.73 Å². The minimum absolute atomic E-state index is 0.0411. The maximum Gasteiger partial charge on any atom is 0.308 e. The molecule has 1 unspecified atom stereocenters. The van der Waals surface area contributed by atoms with E-state index in [0.29, 0.717) is 11.4 Å². The van der Waals surface area contributed by atoms with Crippen molar-refractivity contribution in [3.05, 3.63) is 39.6 Å². The number of rotatable bonds is 6. The summed E-state index contributed by atoms with van der Waals surface area (Å²) in [6.07, 6.45) is 4.22. The zero-order valence-electron chi connectivity index (χ0n) is 12.9. The molecule has 3 rings (SSSR count). The van der Waals surface area contributed by atoms with Crippen LogP contribution < -0.4 is 5.73 Å². The lowest BCUT2D eigenvalue weighted by atomic mass is 9.95. The molecule has 1 heterocycles. The topological polar surface area (TPSA) is 111 Å². The second kappa shape index (κ2) is 5.66. The van der Waals surface area contributed by atoms with Gasteiger partial charge < -0.3 is 15.4 Å². The summed E-state index contributed by atoms with van der Waals surface area (Å²) in [5, 5.41) is 21.4. The number of carboxylic acids is 1. The summed E-state index contributed by atoms with van der Waals surface area (Å²) in [5.41, 5.74) is 8.09. The number of aromatic nitrogens is 1. The number of hydrogen-bond donors (Lipinski definition) is 2. The van der Waals surface area contributed by atoms with Gasteiger partial charge in [-0.25, -0.2) is 0 Å². The molecule has 0 radical (unpaired) electrons. The van der Waals surface area contributed by atoms with Gasteiger partial charge in [-0.05, 0) is 36.3 Å². The monoisotopic (exact) mass is 317 g/mol. The number of nitrogens with two attached hydrogens (primary N) is 1. The maximum atomic E-state index is 11.3. The predicted octanol–water partition coefficient (Wildman–Crippen LogP) is 2.17. The zero-order chi connectivity index (χ0) is 16.7. The van der Waals surface area contributed by atoms with E-state index in [1.54, 1.807) is 23.9 Å². The molecule has 1 aromatic heterocycles. The maximum absolute atomic E-state index is 11.3. The Kier molecular flexibility index (Phi) is 3.81. The largest absolute Gasteiger partial charge is 0.481 e. The Morgan fingerprint density at radius 3 is 2.74 bits per heavy atom. The molecule has 0 bridgehead atoms. The summed E-state index contributed by atoms with van der Waals surface area (Å²) >= 11 is 0. The zero-order valence-corrected chi connectivity index (χ0v) is 12.9. The number of nitro groups is 1. The fourth-order valence-corrected chi connectivity index (χ4v) is 3.23. The molecule has 1 aromatic carbocycles. The number of nitrogens with zero attached hydrogens (tertiary/aromatic N) is 2. The number of benzene rings is 1.